The highest BCUT2D eigenvalue weighted by atomic mass is 32.2. The van der Waals surface area contributed by atoms with Gasteiger partial charge < -0.3 is 10.6 Å². The topological polar surface area (TPSA) is 90.4 Å². The highest BCUT2D eigenvalue weighted by Crippen LogP contribution is 2.28. The minimum Gasteiger partial charge on any atom is -0.397 e. The summed E-state index contributed by atoms with van der Waals surface area (Å²) in [6, 6.07) is 6.98. The SMILES string of the molecule is CC(C)N(CCC#N)c1ccc(S(=O)(=O)N(C)C)cc1N. The molecule has 116 valence electrons. The molecule has 21 heavy (non-hydrogen) atoms. The summed E-state index contributed by atoms with van der Waals surface area (Å²) in [5.74, 6) is 0. The van der Waals surface area contributed by atoms with Crippen molar-refractivity contribution in [3.63, 3.8) is 0 Å². The van der Waals surface area contributed by atoms with Crippen LogP contribution in [0.15, 0.2) is 23.1 Å². The molecular weight excluding hydrogens is 288 g/mol. The maximum absolute atomic E-state index is 12.1. The number of nitriles is 1. The number of hydrogen-bond acceptors (Lipinski definition) is 5. The lowest BCUT2D eigenvalue weighted by Crippen LogP contribution is -2.32. The number of rotatable bonds is 6. The van der Waals surface area contributed by atoms with E-state index in [-0.39, 0.29) is 10.9 Å². The second-order valence-corrected chi connectivity index (χ2v) is 7.36. The van der Waals surface area contributed by atoms with Gasteiger partial charge >= 0.3 is 0 Å². The molecule has 0 unspecified atom stereocenters. The van der Waals surface area contributed by atoms with Gasteiger partial charge in [-0.15, -0.1) is 0 Å². The molecule has 0 saturated heterocycles. The van der Waals surface area contributed by atoms with Crippen LogP contribution < -0.4 is 10.6 Å². The molecule has 0 aliphatic carbocycles. The molecule has 0 saturated carbocycles. The van der Waals surface area contributed by atoms with E-state index in [0.29, 0.717) is 18.7 Å². The van der Waals surface area contributed by atoms with Crippen LogP contribution in [0.4, 0.5) is 11.4 Å². The molecule has 0 radical (unpaired) electrons. The summed E-state index contributed by atoms with van der Waals surface area (Å²) in [4.78, 5) is 2.16. The summed E-state index contributed by atoms with van der Waals surface area (Å²) in [6.45, 7) is 4.56. The van der Waals surface area contributed by atoms with Crippen LogP contribution in [-0.2, 0) is 10.0 Å². The van der Waals surface area contributed by atoms with Gasteiger partial charge in [0.25, 0.3) is 0 Å². The Labute approximate surface area is 126 Å². The number of sulfonamides is 1. The monoisotopic (exact) mass is 310 g/mol. The number of benzene rings is 1. The summed E-state index contributed by atoms with van der Waals surface area (Å²) in [5.41, 5.74) is 7.16. The number of anilines is 2. The molecule has 1 aromatic rings. The highest BCUT2D eigenvalue weighted by molar-refractivity contribution is 7.89. The normalized spacial score (nSPS) is 11.7. The molecule has 2 N–H and O–H groups in total. The van der Waals surface area contributed by atoms with Crippen LogP contribution in [0.2, 0.25) is 0 Å². The third-order valence-corrected chi connectivity index (χ3v) is 4.99. The van der Waals surface area contributed by atoms with Gasteiger partial charge in [0.2, 0.25) is 10.0 Å². The van der Waals surface area contributed by atoms with E-state index in [1.54, 1.807) is 12.1 Å². The van der Waals surface area contributed by atoms with Crippen molar-refractivity contribution in [1.82, 2.24) is 4.31 Å². The van der Waals surface area contributed by atoms with E-state index < -0.39 is 10.0 Å². The average Bonchev–Trinajstić information content (AvgIpc) is 2.39. The van der Waals surface area contributed by atoms with Crippen molar-refractivity contribution in [2.75, 3.05) is 31.3 Å². The van der Waals surface area contributed by atoms with Gasteiger partial charge in [-0.05, 0) is 32.0 Å². The van der Waals surface area contributed by atoms with E-state index in [4.69, 9.17) is 11.0 Å². The van der Waals surface area contributed by atoms with Crippen LogP contribution in [0.3, 0.4) is 0 Å². The minimum atomic E-state index is -3.50. The maximum atomic E-state index is 12.1. The lowest BCUT2D eigenvalue weighted by molar-refractivity contribution is 0.521. The van der Waals surface area contributed by atoms with E-state index in [1.807, 2.05) is 18.7 Å². The van der Waals surface area contributed by atoms with Crippen molar-refractivity contribution in [2.24, 2.45) is 0 Å². The molecule has 0 atom stereocenters. The molecule has 0 heterocycles. The first-order chi connectivity index (χ1) is 9.71. The second-order valence-electron chi connectivity index (χ2n) is 5.20. The lowest BCUT2D eigenvalue weighted by Gasteiger charge is -2.29. The quantitative estimate of drug-likeness (QED) is 0.807. The number of hydrogen-bond donors (Lipinski definition) is 1. The highest BCUT2D eigenvalue weighted by Gasteiger charge is 2.20. The van der Waals surface area contributed by atoms with Crippen LogP contribution >= 0.6 is 0 Å². The minimum absolute atomic E-state index is 0.164. The van der Waals surface area contributed by atoms with Crippen molar-refractivity contribution in [3.05, 3.63) is 18.2 Å². The van der Waals surface area contributed by atoms with Crippen LogP contribution in [0.25, 0.3) is 0 Å². The number of nitrogen functional groups attached to an aromatic ring is 1. The Balaban J connectivity index is 3.21. The van der Waals surface area contributed by atoms with Crippen LogP contribution in [-0.4, -0.2) is 39.4 Å². The molecule has 1 rings (SSSR count). The van der Waals surface area contributed by atoms with Gasteiger partial charge in [-0.1, -0.05) is 0 Å². The summed E-state index contributed by atoms with van der Waals surface area (Å²) >= 11 is 0. The van der Waals surface area contributed by atoms with Crippen LogP contribution in [0.5, 0.6) is 0 Å². The van der Waals surface area contributed by atoms with Crippen molar-refractivity contribution < 1.29 is 8.42 Å². The molecule has 0 aliphatic rings. The molecule has 0 fully saturated rings. The molecule has 0 aromatic heterocycles. The fraction of sp³-hybridized carbons (Fsp3) is 0.500. The standard InChI is InChI=1S/C14H22N4O2S/c1-11(2)18(9-5-8-15)14-7-6-12(10-13(14)16)21(19,20)17(3)4/h6-7,10-11H,5,9,16H2,1-4H3. The third-order valence-electron chi connectivity index (χ3n) is 3.17. The van der Waals surface area contributed by atoms with E-state index in [1.165, 1.54) is 20.2 Å². The zero-order chi connectivity index (χ0) is 16.2. The zero-order valence-electron chi connectivity index (χ0n) is 12.9. The fourth-order valence-electron chi connectivity index (χ4n) is 1.99. The molecular formula is C14H22N4O2S. The Morgan fingerprint density at radius 2 is 1.95 bits per heavy atom. The van der Waals surface area contributed by atoms with Crippen LogP contribution in [0, 0.1) is 11.3 Å². The van der Waals surface area contributed by atoms with E-state index >= 15 is 0 Å². The number of nitrogens with two attached hydrogens (primary N) is 1. The van der Waals surface area contributed by atoms with Crippen molar-refractivity contribution >= 4 is 21.4 Å². The lowest BCUT2D eigenvalue weighted by atomic mass is 10.2. The average molecular weight is 310 g/mol. The third kappa shape index (κ3) is 3.86. The largest absolute Gasteiger partial charge is 0.397 e. The Hall–Kier alpha value is -1.78. The predicted molar refractivity (Wildman–Crippen MR) is 84.4 cm³/mol. The molecule has 0 spiro atoms. The van der Waals surface area contributed by atoms with Gasteiger partial charge in [-0.2, -0.15) is 5.26 Å². The first kappa shape index (κ1) is 17.3. The molecule has 0 aliphatic heterocycles. The zero-order valence-corrected chi connectivity index (χ0v) is 13.7. The predicted octanol–water partition coefficient (Wildman–Crippen LogP) is 1.65. The van der Waals surface area contributed by atoms with Gasteiger partial charge in [-0.3, -0.25) is 0 Å². The Bertz CT molecular complexity index is 633. The molecule has 0 amide bonds. The van der Waals surface area contributed by atoms with Gasteiger partial charge in [0.15, 0.2) is 0 Å². The Kier molecular flexibility index (Phi) is 5.58. The van der Waals surface area contributed by atoms with Gasteiger partial charge in [-0.25, -0.2) is 12.7 Å². The Morgan fingerprint density at radius 1 is 1.33 bits per heavy atom. The molecule has 1 aromatic carbocycles. The Morgan fingerprint density at radius 3 is 2.38 bits per heavy atom. The maximum Gasteiger partial charge on any atom is 0.242 e. The molecule has 0 bridgehead atoms. The first-order valence-electron chi connectivity index (χ1n) is 6.67. The molecule has 7 heteroatoms. The summed E-state index contributed by atoms with van der Waals surface area (Å²) < 4.78 is 25.3. The molecule has 6 nitrogen and oxygen atoms in total. The van der Waals surface area contributed by atoms with Gasteiger partial charge in [0.1, 0.15) is 0 Å². The van der Waals surface area contributed by atoms with Crippen molar-refractivity contribution in [1.29, 1.82) is 5.26 Å². The first-order valence-corrected chi connectivity index (χ1v) is 8.11. The van der Waals surface area contributed by atoms with Crippen LogP contribution in [0.1, 0.15) is 20.3 Å². The summed E-state index contributed by atoms with van der Waals surface area (Å²) in [6.07, 6.45) is 0.384. The van der Waals surface area contributed by atoms with Crippen molar-refractivity contribution in [3.8, 4) is 6.07 Å². The summed E-state index contributed by atoms with van der Waals surface area (Å²) in [7, 11) is -0.539. The summed E-state index contributed by atoms with van der Waals surface area (Å²) in [5, 5.41) is 8.73. The van der Waals surface area contributed by atoms with E-state index in [2.05, 4.69) is 6.07 Å². The van der Waals surface area contributed by atoms with E-state index in [9.17, 15) is 8.42 Å². The van der Waals surface area contributed by atoms with Gasteiger partial charge in [0, 0.05) is 26.7 Å². The second kappa shape index (κ2) is 6.78. The van der Waals surface area contributed by atoms with E-state index in [0.717, 1.165) is 9.99 Å². The van der Waals surface area contributed by atoms with Crippen molar-refractivity contribution in [2.45, 2.75) is 31.2 Å². The fourth-order valence-corrected chi connectivity index (χ4v) is 2.93. The number of nitrogens with zero attached hydrogens (tertiary/aromatic N) is 3. The van der Waals surface area contributed by atoms with Gasteiger partial charge in [0.05, 0.1) is 28.8 Å². The smallest absolute Gasteiger partial charge is 0.242 e.